The van der Waals surface area contributed by atoms with Crippen molar-refractivity contribution in [2.24, 2.45) is 0 Å². The Morgan fingerprint density at radius 1 is 1.16 bits per heavy atom. The summed E-state index contributed by atoms with van der Waals surface area (Å²) in [5.41, 5.74) is 0.164. The van der Waals surface area contributed by atoms with Gasteiger partial charge in [-0.25, -0.2) is 4.39 Å². The highest BCUT2D eigenvalue weighted by molar-refractivity contribution is 7.12. The minimum absolute atomic E-state index is 0.0402. The summed E-state index contributed by atoms with van der Waals surface area (Å²) in [6.45, 7) is 2.02. The van der Waals surface area contributed by atoms with Crippen molar-refractivity contribution in [3.8, 4) is 0 Å². The van der Waals surface area contributed by atoms with Gasteiger partial charge in [-0.1, -0.05) is 50.5 Å². The molecule has 1 heterocycles. The highest BCUT2D eigenvalue weighted by Crippen LogP contribution is 2.26. The Morgan fingerprint density at radius 3 is 2.56 bits per heavy atom. The number of hydrogen-bond acceptors (Lipinski definition) is 4. The van der Waals surface area contributed by atoms with E-state index in [4.69, 9.17) is 0 Å². The molecule has 0 saturated heterocycles. The monoisotopic (exact) mass is 459 g/mol. The van der Waals surface area contributed by atoms with E-state index in [1.807, 2.05) is 6.92 Å². The Labute approximate surface area is 192 Å². The molecule has 2 N–H and O–H groups in total. The molecule has 1 saturated carbocycles. The molecule has 1 unspecified atom stereocenters. The SMILES string of the molecule is CCCCN(C(=O)CNC(=O)c1cccs1)C(C(=O)NC1CCCC1)c1ccccc1F. The predicted octanol–water partition coefficient (Wildman–Crippen LogP) is 4.05. The number of thiophene rings is 1. The zero-order chi connectivity index (χ0) is 22.9. The van der Waals surface area contributed by atoms with Crippen molar-refractivity contribution in [3.05, 3.63) is 58.0 Å². The van der Waals surface area contributed by atoms with Crippen molar-refractivity contribution in [2.75, 3.05) is 13.1 Å². The van der Waals surface area contributed by atoms with E-state index in [1.165, 1.54) is 22.3 Å². The van der Waals surface area contributed by atoms with Crippen LogP contribution in [-0.2, 0) is 9.59 Å². The van der Waals surface area contributed by atoms with Crippen LogP contribution in [0.2, 0.25) is 0 Å². The standard InChI is InChI=1S/C24H30FN3O3S/c1-2-3-14-28(21(29)16-26-23(30)20-13-8-15-32-20)22(18-11-6-7-12-19(18)25)24(31)27-17-9-4-5-10-17/h6-8,11-13,15,17,22H,2-5,9-10,14,16H2,1H3,(H,26,30)(H,27,31). The molecular weight excluding hydrogens is 429 g/mol. The molecule has 8 heteroatoms. The lowest BCUT2D eigenvalue weighted by molar-refractivity contribution is -0.140. The molecule has 2 aromatic rings. The van der Waals surface area contributed by atoms with Gasteiger partial charge in [-0.05, 0) is 36.8 Å². The van der Waals surface area contributed by atoms with E-state index < -0.39 is 17.8 Å². The van der Waals surface area contributed by atoms with Gasteiger partial charge in [-0.3, -0.25) is 14.4 Å². The fraction of sp³-hybridized carbons (Fsp3) is 0.458. The Hall–Kier alpha value is -2.74. The van der Waals surface area contributed by atoms with Crippen LogP contribution < -0.4 is 10.6 Å². The molecule has 3 rings (SSSR count). The van der Waals surface area contributed by atoms with Crippen LogP contribution in [0.3, 0.4) is 0 Å². The van der Waals surface area contributed by atoms with E-state index in [0.29, 0.717) is 17.8 Å². The molecule has 6 nitrogen and oxygen atoms in total. The molecule has 1 aliphatic rings. The van der Waals surface area contributed by atoms with Gasteiger partial charge >= 0.3 is 0 Å². The van der Waals surface area contributed by atoms with Crippen molar-refractivity contribution >= 4 is 29.1 Å². The van der Waals surface area contributed by atoms with Crippen LogP contribution >= 0.6 is 11.3 Å². The number of unbranched alkanes of at least 4 members (excludes halogenated alkanes) is 1. The van der Waals surface area contributed by atoms with E-state index >= 15 is 0 Å². The number of carbonyl (C=O) groups excluding carboxylic acids is 3. The van der Waals surface area contributed by atoms with Gasteiger partial charge in [0.1, 0.15) is 11.9 Å². The van der Waals surface area contributed by atoms with E-state index in [2.05, 4.69) is 10.6 Å². The molecular formula is C24H30FN3O3S. The van der Waals surface area contributed by atoms with E-state index in [-0.39, 0.29) is 30.0 Å². The van der Waals surface area contributed by atoms with Crippen LogP contribution in [0.5, 0.6) is 0 Å². The normalized spacial score (nSPS) is 14.7. The van der Waals surface area contributed by atoms with Crippen LogP contribution in [-0.4, -0.2) is 41.8 Å². The number of amides is 3. The average Bonchev–Trinajstić information content (AvgIpc) is 3.50. The van der Waals surface area contributed by atoms with Gasteiger partial charge in [-0.2, -0.15) is 0 Å². The lowest BCUT2D eigenvalue weighted by atomic mass is 10.0. The number of nitrogens with zero attached hydrogens (tertiary/aromatic N) is 1. The second-order valence-electron chi connectivity index (χ2n) is 8.01. The largest absolute Gasteiger partial charge is 0.351 e. The van der Waals surface area contributed by atoms with Gasteiger partial charge < -0.3 is 15.5 Å². The summed E-state index contributed by atoms with van der Waals surface area (Å²) in [7, 11) is 0. The summed E-state index contributed by atoms with van der Waals surface area (Å²) >= 11 is 1.28. The van der Waals surface area contributed by atoms with Crippen molar-refractivity contribution in [1.29, 1.82) is 0 Å². The second kappa shape index (κ2) is 11.8. The zero-order valence-corrected chi connectivity index (χ0v) is 19.1. The van der Waals surface area contributed by atoms with E-state index in [1.54, 1.807) is 35.7 Å². The minimum atomic E-state index is -1.09. The van der Waals surface area contributed by atoms with Gasteiger partial charge in [0.15, 0.2) is 0 Å². The molecule has 1 aromatic heterocycles. The first-order chi connectivity index (χ1) is 15.5. The van der Waals surface area contributed by atoms with Crippen LogP contribution in [0.25, 0.3) is 0 Å². The van der Waals surface area contributed by atoms with Crippen molar-refractivity contribution < 1.29 is 18.8 Å². The molecule has 3 amide bonds. The van der Waals surface area contributed by atoms with E-state index in [9.17, 15) is 18.8 Å². The lowest BCUT2D eigenvalue weighted by Gasteiger charge is -2.32. The van der Waals surface area contributed by atoms with Crippen molar-refractivity contribution in [2.45, 2.75) is 57.5 Å². The molecule has 0 aliphatic heterocycles. The van der Waals surface area contributed by atoms with Crippen LogP contribution in [0.1, 0.15) is 66.7 Å². The summed E-state index contributed by atoms with van der Waals surface area (Å²) in [6.07, 6.45) is 5.32. The van der Waals surface area contributed by atoms with Gasteiger partial charge in [0.05, 0.1) is 11.4 Å². The summed E-state index contributed by atoms with van der Waals surface area (Å²) in [4.78, 5) is 40.7. The van der Waals surface area contributed by atoms with Gasteiger partial charge in [0, 0.05) is 18.2 Å². The number of benzene rings is 1. The Balaban J connectivity index is 1.83. The third-order valence-corrected chi connectivity index (χ3v) is 6.55. The zero-order valence-electron chi connectivity index (χ0n) is 18.3. The third-order valence-electron chi connectivity index (χ3n) is 5.68. The summed E-state index contributed by atoms with van der Waals surface area (Å²) in [5, 5.41) is 7.43. The first kappa shape index (κ1) is 23.9. The highest BCUT2D eigenvalue weighted by Gasteiger charge is 2.34. The Morgan fingerprint density at radius 2 is 1.91 bits per heavy atom. The predicted molar refractivity (Wildman–Crippen MR) is 123 cm³/mol. The van der Waals surface area contributed by atoms with Crippen LogP contribution in [0, 0.1) is 5.82 Å². The lowest BCUT2D eigenvalue weighted by Crippen LogP contribution is -2.49. The van der Waals surface area contributed by atoms with Gasteiger partial charge in [0.25, 0.3) is 5.91 Å². The third kappa shape index (κ3) is 6.16. The topological polar surface area (TPSA) is 78.5 Å². The minimum Gasteiger partial charge on any atom is -0.351 e. The average molecular weight is 460 g/mol. The molecule has 1 fully saturated rings. The summed E-state index contributed by atoms with van der Waals surface area (Å²) in [6, 6.07) is 8.46. The highest BCUT2D eigenvalue weighted by atomic mass is 32.1. The second-order valence-corrected chi connectivity index (χ2v) is 8.96. The quantitative estimate of drug-likeness (QED) is 0.563. The van der Waals surface area contributed by atoms with Crippen molar-refractivity contribution in [1.82, 2.24) is 15.5 Å². The maximum absolute atomic E-state index is 14.8. The molecule has 172 valence electrons. The van der Waals surface area contributed by atoms with E-state index in [0.717, 1.165) is 32.1 Å². The molecule has 0 spiro atoms. The molecule has 1 atom stereocenters. The summed E-state index contributed by atoms with van der Waals surface area (Å²) < 4.78 is 14.8. The number of nitrogens with one attached hydrogen (secondary N) is 2. The van der Waals surface area contributed by atoms with Gasteiger partial charge in [-0.15, -0.1) is 11.3 Å². The molecule has 0 bridgehead atoms. The Bertz CT molecular complexity index is 913. The molecule has 0 radical (unpaired) electrons. The number of carbonyl (C=O) groups is 3. The van der Waals surface area contributed by atoms with Crippen LogP contribution in [0.4, 0.5) is 4.39 Å². The molecule has 1 aliphatic carbocycles. The fourth-order valence-electron chi connectivity index (χ4n) is 3.98. The maximum Gasteiger partial charge on any atom is 0.261 e. The Kier molecular flexibility index (Phi) is 8.79. The first-order valence-electron chi connectivity index (χ1n) is 11.2. The van der Waals surface area contributed by atoms with Crippen LogP contribution in [0.15, 0.2) is 41.8 Å². The van der Waals surface area contributed by atoms with Crippen molar-refractivity contribution in [3.63, 3.8) is 0 Å². The fourth-order valence-corrected chi connectivity index (χ4v) is 4.62. The summed E-state index contributed by atoms with van der Waals surface area (Å²) in [5.74, 6) is -1.67. The number of rotatable bonds is 10. The molecule has 1 aromatic carbocycles. The number of halogens is 1. The smallest absolute Gasteiger partial charge is 0.261 e. The van der Waals surface area contributed by atoms with Gasteiger partial charge in [0.2, 0.25) is 11.8 Å². The molecule has 32 heavy (non-hydrogen) atoms. The maximum atomic E-state index is 14.8. The first-order valence-corrected chi connectivity index (χ1v) is 12.0. The number of hydrogen-bond donors (Lipinski definition) is 2.